The topological polar surface area (TPSA) is 71.5 Å². The Bertz CT molecular complexity index is 706. The van der Waals surface area contributed by atoms with Gasteiger partial charge in [-0.1, -0.05) is 36.4 Å². The second kappa shape index (κ2) is 8.39. The summed E-state index contributed by atoms with van der Waals surface area (Å²) < 4.78 is 0. The second-order valence-electron chi connectivity index (χ2n) is 5.97. The number of likely N-dealkylation sites (tertiary alicyclic amines) is 1. The van der Waals surface area contributed by atoms with E-state index in [2.05, 4.69) is 10.5 Å². The van der Waals surface area contributed by atoms with Gasteiger partial charge in [0.15, 0.2) is 0 Å². The largest absolute Gasteiger partial charge is 0.326 e. The second-order valence-corrected chi connectivity index (χ2v) is 5.97. The van der Waals surface area contributed by atoms with Crippen molar-refractivity contribution in [3.05, 3.63) is 66.0 Å². The van der Waals surface area contributed by atoms with Gasteiger partial charge in [-0.2, -0.15) is 0 Å². The maximum Gasteiger partial charge on any atom is 0.270 e. The molecule has 130 valence electrons. The number of nitrogens with one attached hydrogen (secondary N) is 1. The van der Waals surface area contributed by atoms with Crippen LogP contribution in [0.5, 0.6) is 0 Å². The average Bonchev–Trinajstić information content (AvgIpc) is 2.65. The highest BCUT2D eigenvalue weighted by molar-refractivity contribution is 5.88. The van der Waals surface area contributed by atoms with E-state index >= 15 is 0 Å². The number of benzene rings is 1. The van der Waals surface area contributed by atoms with Gasteiger partial charge in [0, 0.05) is 25.4 Å². The van der Waals surface area contributed by atoms with Crippen molar-refractivity contribution in [1.29, 1.82) is 0 Å². The minimum atomic E-state index is -0.678. The molecular formula is C19H21N3O3. The Morgan fingerprint density at radius 2 is 2.04 bits per heavy atom. The molecule has 25 heavy (non-hydrogen) atoms. The van der Waals surface area contributed by atoms with Gasteiger partial charge in [0.25, 0.3) is 5.91 Å². The number of nitrogens with zero attached hydrogens (tertiary/aromatic N) is 2. The minimum Gasteiger partial charge on any atom is -0.326 e. The first kappa shape index (κ1) is 17.1. The van der Waals surface area contributed by atoms with Gasteiger partial charge in [-0.3, -0.25) is 19.4 Å². The predicted octanol–water partition coefficient (Wildman–Crippen LogP) is 2.38. The van der Waals surface area contributed by atoms with Crippen molar-refractivity contribution in [2.24, 2.45) is 0 Å². The lowest BCUT2D eigenvalue weighted by atomic mass is 10.0. The normalized spacial score (nSPS) is 15.7. The van der Waals surface area contributed by atoms with Crippen molar-refractivity contribution in [2.45, 2.75) is 31.9 Å². The van der Waals surface area contributed by atoms with Crippen LogP contribution in [0.15, 0.2) is 54.9 Å². The van der Waals surface area contributed by atoms with Crippen LogP contribution in [0.4, 0.5) is 0 Å². The summed E-state index contributed by atoms with van der Waals surface area (Å²) in [4.78, 5) is 36.0. The first-order valence-electron chi connectivity index (χ1n) is 8.40. The van der Waals surface area contributed by atoms with E-state index in [-0.39, 0.29) is 18.4 Å². The quantitative estimate of drug-likeness (QED) is 0.820. The molecule has 2 amide bonds. The smallest absolute Gasteiger partial charge is 0.270 e. The zero-order valence-corrected chi connectivity index (χ0v) is 13.9. The van der Waals surface area contributed by atoms with Crippen molar-refractivity contribution >= 4 is 11.8 Å². The van der Waals surface area contributed by atoms with Gasteiger partial charge in [0.05, 0.1) is 0 Å². The summed E-state index contributed by atoms with van der Waals surface area (Å²) in [5.74, 6) is -0.340. The monoisotopic (exact) mass is 339 g/mol. The number of rotatable bonds is 6. The molecule has 0 aliphatic carbocycles. The fourth-order valence-corrected chi connectivity index (χ4v) is 2.94. The lowest BCUT2D eigenvalue weighted by molar-refractivity contribution is -0.149. The molecule has 2 aromatic rings. The summed E-state index contributed by atoms with van der Waals surface area (Å²) in [6.45, 7) is 0.795. The Balaban J connectivity index is 1.70. The summed E-state index contributed by atoms with van der Waals surface area (Å²) in [5, 5.41) is 0. The third kappa shape index (κ3) is 4.42. The van der Waals surface area contributed by atoms with Crippen molar-refractivity contribution in [2.75, 3.05) is 6.54 Å². The number of hydroxylamine groups is 1. The number of hydrogen-bond donors (Lipinski definition) is 1. The van der Waals surface area contributed by atoms with E-state index in [0.717, 1.165) is 24.0 Å². The number of piperidine rings is 1. The minimum absolute atomic E-state index is 0.00233. The predicted molar refractivity (Wildman–Crippen MR) is 91.9 cm³/mol. The highest BCUT2D eigenvalue weighted by Gasteiger charge is 2.32. The number of aromatic nitrogens is 1. The number of hydrogen-bond acceptors (Lipinski definition) is 4. The van der Waals surface area contributed by atoms with Crippen LogP contribution in [0.2, 0.25) is 0 Å². The van der Waals surface area contributed by atoms with Gasteiger partial charge < -0.3 is 4.90 Å². The lowest BCUT2D eigenvalue weighted by Gasteiger charge is -2.33. The zero-order chi connectivity index (χ0) is 17.5. The molecule has 1 aliphatic rings. The molecule has 0 spiro atoms. The van der Waals surface area contributed by atoms with Gasteiger partial charge in [-0.05, 0) is 30.0 Å². The summed E-state index contributed by atoms with van der Waals surface area (Å²) in [7, 11) is 0. The van der Waals surface area contributed by atoms with Crippen molar-refractivity contribution in [1.82, 2.24) is 15.4 Å². The standard InChI is InChI=1S/C19H21N3O3/c23-17-10-4-5-12-22(17)18(16-8-2-1-3-9-16)19(24)21-25-14-15-7-6-11-20-13-15/h1-3,6-9,11,13,18H,4-5,10,12,14H2,(H,21,24). The molecule has 1 atom stereocenters. The van der Waals surface area contributed by atoms with E-state index in [0.29, 0.717) is 13.0 Å². The van der Waals surface area contributed by atoms with E-state index in [1.54, 1.807) is 23.4 Å². The zero-order valence-electron chi connectivity index (χ0n) is 13.9. The van der Waals surface area contributed by atoms with Crippen LogP contribution in [0.3, 0.4) is 0 Å². The highest BCUT2D eigenvalue weighted by Crippen LogP contribution is 2.25. The molecule has 1 aromatic carbocycles. The summed E-state index contributed by atoms with van der Waals surface area (Å²) in [5.41, 5.74) is 4.12. The molecule has 1 fully saturated rings. The van der Waals surface area contributed by atoms with Gasteiger partial charge in [0.2, 0.25) is 5.91 Å². The number of carbonyl (C=O) groups excluding carboxylic acids is 2. The molecule has 6 nitrogen and oxygen atoms in total. The molecule has 1 aromatic heterocycles. The molecule has 2 heterocycles. The van der Waals surface area contributed by atoms with Crippen molar-refractivity contribution < 1.29 is 14.4 Å². The summed E-state index contributed by atoms with van der Waals surface area (Å²) in [6, 6.07) is 12.3. The Labute approximate surface area is 146 Å². The van der Waals surface area contributed by atoms with E-state index in [1.807, 2.05) is 36.4 Å². The average molecular weight is 339 g/mol. The first-order chi connectivity index (χ1) is 12.3. The Morgan fingerprint density at radius 1 is 1.20 bits per heavy atom. The van der Waals surface area contributed by atoms with Gasteiger partial charge in [-0.25, -0.2) is 5.48 Å². The van der Waals surface area contributed by atoms with E-state index in [9.17, 15) is 9.59 Å². The first-order valence-corrected chi connectivity index (χ1v) is 8.40. The Morgan fingerprint density at radius 3 is 2.76 bits per heavy atom. The molecule has 3 rings (SSSR count). The summed E-state index contributed by atoms with van der Waals surface area (Å²) >= 11 is 0. The Hall–Kier alpha value is -2.73. The molecule has 0 saturated carbocycles. The van der Waals surface area contributed by atoms with Crippen molar-refractivity contribution in [3.8, 4) is 0 Å². The van der Waals surface area contributed by atoms with Crippen LogP contribution in [0.25, 0.3) is 0 Å². The Kier molecular flexibility index (Phi) is 5.74. The third-order valence-electron chi connectivity index (χ3n) is 4.17. The molecule has 1 N–H and O–H groups in total. The molecule has 0 radical (unpaired) electrons. The van der Waals surface area contributed by atoms with Crippen LogP contribution in [-0.4, -0.2) is 28.2 Å². The number of pyridine rings is 1. The maximum absolute atomic E-state index is 12.7. The molecule has 1 aliphatic heterocycles. The molecule has 6 heteroatoms. The molecule has 0 bridgehead atoms. The van der Waals surface area contributed by atoms with E-state index in [1.165, 1.54) is 0 Å². The number of carbonyl (C=O) groups is 2. The number of amides is 2. The molecule has 1 saturated heterocycles. The third-order valence-corrected chi connectivity index (χ3v) is 4.17. The van der Waals surface area contributed by atoms with Gasteiger partial charge in [0.1, 0.15) is 12.6 Å². The van der Waals surface area contributed by atoms with Crippen molar-refractivity contribution in [3.63, 3.8) is 0 Å². The van der Waals surface area contributed by atoms with Crippen LogP contribution in [-0.2, 0) is 21.0 Å². The highest BCUT2D eigenvalue weighted by atomic mass is 16.6. The summed E-state index contributed by atoms with van der Waals surface area (Å²) in [6.07, 6.45) is 5.60. The lowest BCUT2D eigenvalue weighted by Crippen LogP contribution is -2.45. The van der Waals surface area contributed by atoms with E-state index < -0.39 is 6.04 Å². The maximum atomic E-state index is 12.7. The molecular weight excluding hydrogens is 318 g/mol. The SMILES string of the molecule is O=C(NOCc1cccnc1)C(c1ccccc1)N1CCCCC1=O. The fraction of sp³-hybridized carbons (Fsp3) is 0.316. The van der Waals surface area contributed by atoms with Gasteiger partial charge >= 0.3 is 0 Å². The van der Waals surface area contributed by atoms with Crippen LogP contribution in [0.1, 0.15) is 36.4 Å². The van der Waals surface area contributed by atoms with Crippen LogP contribution < -0.4 is 5.48 Å². The van der Waals surface area contributed by atoms with E-state index in [4.69, 9.17) is 4.84 Å². The van der Waals surface area contributed by atoms with Crippen LogP contribution >= 0.6 is 0 Å². The van der Waals surface area contributed by atoms with Gasteiger partial charge in [-0.15, -0.1) is 0 Å². The molecule has 1 unspecified atom stereocenters. The van der Waals surface area contributed by atoms with Crippen LogP contribution in [0, 0.1) is 0 Å². The fourth-order valence-electron chi connectivity index (χ4n) is 2.94.